The van der Waals surface area contributed by atoms with Crippen molar-refractivity contribution in [2.45, 2.75) is 13.5 Å². The summed E-state index contributed by atoms with van der Waals surface area (Å²) < 4.78 is 8.45. The second-order valence-electron chi connectivity index (χ2n) is 6.75. The molecule has 2 heterocycles. The summed E-state index contributed by atoms with van der Waals surface area (Å²) in [6, 6.07) is 16.3. The average molecular weight is 403 g/mol. The Morgan fingerprint density at radius 1 is 1.07 bits per heavy atom. The number of ether oxygens (including phenoxy) is 1. The van der Waals surface area contributed by atoms with Crippen molar-refractivity contribution in [3.05, 3.63) is 94.4 Å². The van der Waals surface area contributed by atoms with Crippen molar-refractivity contribution in [1.82, 2.24) is 24.6 Å². The highest BCUT2D eigenvalue weighted by Crippen LogP contribution is 2.15. The standard InChI is InChI=1S/C22H21N5O3/c1-15-13-24-22(29)27(15)19-5-3-16(4-6-19)21(28)23-14-17-11-12-26(25-17)18-7-9-20(30-2)10-8-18/h3-13H,14H2,1-2H3,(H,23,28)(H,24,29). The summed E-state index contributed by atoms with van der Waals surface area (Å²) in [5.41, 5.74) is 3.44. The molecule has 0 aliphatic rings. The minimum absolute atomic E-state index is 0.210. The van der Waals surface area contributed by atoms with Crippen molar-refractivity contribution in [2.75, 3.05) is 7.11 Å². The normalized spacial score (nSPS) is 10.7. The van der Waals surface area contributed by atoms with Crippen LogP contribution in [0.3, 0.4) is 0 Å². The number of hydrogen-bond acceptors (Lipinski definition) is 4. The maximum Gasteiger partial charge on any atom is 0.330 e. The van der Waals surface area contributed by atoms with Crippen molar-refractivity contribution >= 4 is 5.91 Å². The molecule has 2 aromatic carbocycles. The Morgan fingerprint density at radius 2 is 1.77 bits per heavy atom. The molecule has 0 fully saturated rings. The van der Waals surface area contributed by atoms with Gasteiger partial charge in [-0.25, -0.2) is 9.48 Å². The summed E-state index contributed by atoms with van der Waals surface area (Å²) in [6.45, 7) is 2.14. The molecule has 0 aliphatic heterocycles. The number of amides is 1. The van der Waals surface area contributed by atoms with Crippen molar-refractivity contribution in [1.29, 1.82) is 0 Å². The first-order chi connectivity index (χ1) is 14.5. The van der Waals surface area contributed by atoms with Gasteiger partial charge in [0.1, 0.15) is 5.75 Å². The number of hydrogen-bond donors (Lipinski definition) is 2. The van der Waals surface area contributed by atoms with E-state index in [-0.39, 0.29) is 11.6 Å². The summed E-state index contributed by atoms with van der Waals surface area (Å²) in [5, 5.41) is 7.35. The number of methoxy groups -OCH3 is 1. The molecule has 2 N–H and O–H groups in total. The van der Waals surface area contributed by atoms with E-state index in [9.17, 15) is 9.59 Å². The van der Waals surface area contributed by atoms with E-state index in [1.54, 1.807) is 46.8 Å². The lowest BCUT2D eigenvalue weighted by Crippen LogP contribution is -2.23. The van der Waals surface area contributed by atoms with Gasteiger partial charge in [-0.1, -0.05) is 0 Å². The van der Waals surface area contributed by atoms with E-state index in [0.29, 0.717) is 17.8 Å². The fourth-order valence-electron chi connectivity index (χ4n) is 3.15. The van der Waals surface area contributed by atoms with E-state index in [1.807, 2.05) is 43.5 Å². The van der Waals surface area contributed by atoms with Crippen LogP contribution in [0.4, 0.5) is 0 Å². The van der Waals surface area contributed by atoms with Crippen LogP contribution in [0.25, 0.3) is 11.4 Å². The van der Waals surface area contributed by atoms with Gasteiger partial charge in [0, 0.05) is 23.7 Å². The Hall–Kier alpha value is -4.07. The molecule has 8 nitrogen and oxygen atoms in total. The molecule has 1 amide bonds. The number of aryl methyl sites for hydroxylation is 1. The number of rotatable bonds is 6. The van der Waals surface area contributed by atoms with E-state index in [2.05, 4.69) is 15.4 Å². The number of nitrogens with zero attached hydrogens (tertiary/aromatic N) is 3. The molecule has 0 saturated carbocycles. The third-order valence-electron chi connectivity index (χ3n) is 4.76. The van der Waals surface area contributed by atoms with Crippen LogP contribution in [0.2, 0.25) is 0 Å². The quantitative estimate of drug-likeness (QED) is 0.517. The van der Waals surface area contributed by atoms with Crippen molar-refractivity contribution in [3.8, 4) is 17.1 Å². The molecule has 0 radical (unpaired) electrons. The first kappa shape index (κ1) is 19.3. The number of benzene rings is 2. The highest BCUT2D eigenvalue weighted by Gasteiger charge is 2.09. The zero-order valence-electron chi connectivity index (χ0n) is 16.6. The molecule has 0 aliphatic carbocycles. The number of carbonyl (C=O) groups is 1. The van der Waals surface area contributed by atoms with E-state index in [1.165, 1.54) is 0 Å². The SMILES string of the molecule is COc1ccc(-n2ccc(CNC(=O)c3ccc(-n4c(C)c[nH]c4=O)cc3)n2)cc1. The number of imidazole rings is 1. The van der Waals surface area contributed by atoms with Gasteiger partial charge in [0.2, 0.25) is 0 Å². The number of aromatic amines is 1. The second-order valence-corrected chi connectivity index (χ2v) is 6.75. The molecule has 0 bridgehead atoms. The number of carbonyl (C=O) groups excluding carboxylic acids is 1. The summed E-state index contributed by atoms with van der Waals surface area (Å²) >= 11 is 0. The first-order valence-electron chi connectivity index (χ1n) is 9.40. The van der Waals surface area contributed by atoms with Crippen molar-refractivity contribution in [2.24, 2.45) is 0 Å². The van der Waals surface area contributed by atoms with E-state index in [0.717, 1.165) is 22.8 Å². The average Bonchev–Trinajstić information content (AvgIpc) is 3.38. The molecule has 0 spiro atoms. The molecule has 152 valence electrons. The van der Waals surface area contributed by atoms with Crippen LogP contribution >= 0.6 is 0 Å². The molecule has 0 unspecified atom stereocenters. The number of aromatic nitrogens is 4. The molecule has 8 heteroatoms. The van der Waals surface area contributed by atoms with Crippen LogP contribution in [0.15, 0.2) is 71.8 Å². The predicted octanol–water partition coefficient (Wildman–Crippen LogP) is 2.60. The fourth-order valence-corrected chi connectivity index (χ4v) is 3.15. The Kier molecular flexibility index (Phi) is 5.21. The van der Waals surface area contributed by atoms with Gasteiger partial charge >= 0.3 is 5.69 Å². The molecule has 0 atom stereocenters. The lowest BCUT2D eigenvalue weighted by Gasteiger charge is -2.07. The van der Waals surface area contributed by atoms with E-state index < -0.39 is 0 Å². The number of nitrogens with one attached hydrogen (secondary N) is 2. The largest absolute Gasteiger partial charge is 0.497 e. The lowest BCUT2D eigenvalue weighted by molar-refractivity contribution is 0.0950. The molecule has 4 rings (SSSR count). The smallest absolute Gasteiger partial charge is 0.330 e. The van der Waals surface area contributed by atoms with Crippen molar-refractivity contribution in [3.63, 3.8) is 0 Å². The number of H-pyrrole nitrogens is 1. The third-order valence-corrected chi connectivity index (χ3v) is 4.76. The second kappa shape index (κ2) is 8.12. The van der Waals surface area contributed by atoms with Crippen LogP contribution in [0.5, 0.6) is 5.75 Å². The highest BCUT2D eigenvalue weighted by atomic mass is 16.5. The van der Waals surface area contributed by atoms with Gasteiger partial charge in [-0.05, 0) is 61.5 Å². The van der Waals surface area contributed by atoms with Crippen LogP contribution < -0.4 is 15.7 Å². The van der Waals surface area contributed by atoms with Crippen LogP contribution in [-0.2, 0) is 6.54 Å². The Labute approximate surface area is 172 Å². The maximum atomic E-state index is 12.5. The predicted molar refractivity (Wildman–Crippen MR) is 112 cm³/mol. The van der Waals surface area contributed by atoms with Gasteiger partial charge in [0.05, 0.1) is 30.7 Å². The topological polar surface area (TPSA) is 93.9 Å². The van der Waals surface area contributed by atoms with Crippen LogP contribution in [0, 0.1) is 6.92 Å². The van der Waals surface area contributed by atoms with Gasteiger partial charge < -0.3 is 15.0 Å². The summed E-state index contributed by atoms with van der Waals surface area (Å²) in [6.07, 6.45) is 3.49. The zero-order valence-corrected chi connectivity index (χ0v) is 16.6. The third kappa shape index (κ3) is 3.88. The fraction of sp³-hybridized carbons (Fsp3) is 0.136. The molecular formula is C22H21N5O3. The minimum atomic E-state index is -0.211. The van der Waals surface area contributed by atoms with E-state index in [4.69, 9.17) is 4.74 Å². The monoisotopic (exact) mass is 403 g/mol. The molecular weight excluding hydrogens is 382 g/mol. The van der Waals surface area contributed by atoms with Crippen LogP contribution in [0.1, 0.15) is 21.7 Å². The highest BCUT2D eigenvalue weighted by molar-refractivity contribution is 5.94. The Morgan fingerprint density at radius 3 is 2.40 bits per heavy atom. The molecule has 2 aromatic heterocycles. The Balaban J connectivity index is 1.40. The minimum Gasteiger partial charge on any atom is -0.497 e. The zero-order chi connectivity index (χ0) is 21.1. The summed E-state index contributed by atoms with van der Waals surface area (Å²) in [4.78, 5) is 27.0. The van der Waals surface area contributed by atoms with Gasteiger partial charge in [0.25, 0.3) is 5.91 Å². The van der Waals surface area contributed by atoms with Gasteiger partial charge in [-0.3, -0.25) is 9.36 Å². The maximum absolute atomic E-state index is 12.5. The van der Waals surface area contributed by atoms with Gasteiger partial charge in [0.15, 0.2) is 0 Å². The Bertz CT molecular complexity index is 1220. The summed E-state index contributed by atoms with van der Waals surface area (Å²) in [7, 11) is 1.62. The van der Waals surface area contributed by atoms with Crippen LogP contribution in [-0.4, -0.2) is 32.3 Å². The van der Waals surface area contributed by atoms with E-state index >= 15 is 0 Å². The first-order valence-corrected chi connectivity index (χ1v) is 9.40. The molecule has 4 aromatic rings. The lowest BCUT2D eigenvalue weighted by atomic mass is 10.2. The van der Waals surface area contributed by atoms with Gasteiger partial charge in [-0.15, -0.1) is 0 Å². The molecule has 0 saturated heterocycles. The van der Waals surface area contributed by atoms with Crippen molar-refractivity contribution < 1.29 is 9.53 Å². The summed E-state index contributed by atoms with van der Waals surface area (Å²) in [5.74, 6) is 0.569. The molecule has 30 heavy (non-hydrogen) atoms. The van der Waals surface area contributed by atoms with Gasteiger partial charge in [-0.2, -0.15) is 5.10 Å².